The Kier molecular flexibility index (Phi) is 2.15. The maximum atomic E-state index is 12.4. The van der Waals surface area contributed by atoms with Crippen molar-refractivity contribution in [1.29, 1.82) is 0 Å². The van der Waals surface area contributed by atoms with Crippen LogP contribution >= 0.6 is 0 Å². The van der Waals surface area contributed by atoms with E-state index in [-0.39, 0.29) is 5.43 Å². The third-order valence-electron chi connectivity index (χ3n) is 2.96. The molecular weight excluding hydrogens is 210 g/mol. The molecule has 0 amide bonds. The molecular formula is C15H11NO. The van der Waals surface area contributed by atoms with Gasteiger partial charge in [-0.25, -0.2) is 0 Å². The molecule has 0 bridgehead atoms. The fourth-order valence-electron chi connectivity index (χ4n) is 2.08. The van der Waals surface area contributed by atoms with Gasteiger partial charge in [-0.2, -0.15) is 0 Å². The molecule has 0 aliphatic heterocycles. The lowest BCUT2D eigenvalue weighted by Crippen LogP contribution is -1.98. The highest BCUT2D eigenvalue weighted by molar-refractivity contribution is 5.91. The van der Waals surface area contributed by atoms with Crippen LogP contribution in [0.15, 0.2) is 53.5 Å². The van der Waals surface area contributed by atoms with Crippen LogP contribution in [0.2, 0.25) is 0 Å². The van der Waals surface area contributed by atoms with Gasteiger partial charge in [-0.1, -0.05) is 29.8 Å². The topological polar surface area (TPSA) is 30.0 Å². The zero-order chi connectivity index (χ0) is 11.8. The molecule has 0 saturated heterocycles. The Balaban J connectivity index is 2.63. The van der Waals surface area contributed by atoms with Gasteiger partial charge < -0.3 is 0 Å². The van der Waals surface area contributed by atoms with Gasteiger partial charge in [0.1, 0.15) is 0 Å². The van der Waals surface area contributed by atoms with E-state index < -0.39 is 0 Å². The summed E-state index contributed by atoms with van der Waals surface area (Å²) in [4.78, 5) is 16.6. The molecule has 0 N–H and O–H groups in total. The van der Waals surface area contributed by atoms with Gasteiger partial charge in [-0.15, -0.1) is 0 Å². The average Bonchev–Trinajstić information content (AvgIpc) is 2.48. The predicted octanol–water partition coefficient (Wildman–Crippen LogP) is 3.06. The van der Waals surface area contributed by atoms with Gasteiger partial charge >= 0.3 is 0 Å². The molecule has 2 heteroatoms. The van der Waals surface area contributed by atoms with Gasteiger partial charge in [0.15, 0.2) is 5.43 Å². The summed E-state index contributed by atoms with van der Waals surface area (Å²) in [6.07, 6.45) is 1.71. The number of fused-ring (bicyclic) bond motifs is 2. The molecule has 2 nitrogen and oxygen atoms in total. The first-order valence-corrected chi connectivity index (χ1v) is 5.54. The maximum Gasteiger partial charge on any atom is 0.195 e. The van der Waals surface area contributed by atoms with E-state index in [1.165, 1.54) is 0 Å². The first-order chi connectivity index (χ1) is 8.25. The summed E-state index contributed by atoms with van der Waals surface area (Å²) in [6, 6.07) is 13.4. The minimum absolute atomic E-state index is 0.0492. The second kappa shape index (κ2) is 3.67. The number of benzene rings is 1. The van der Waals surface area contributed by atoms with Crippen LogP contribution in [0, 0.1) is 6.92 Å². The fourth-order valence-corrected chi connectivity index (χ4v) is 2.08. The largest absolute Gasteiger partial charge is 0.289 e. The van der Waals surface area contributed by atoms with Crippen molar-refractivity contribution in [3.63, 3.8) is 0 Å². The first-order valence-electron chi connectivity index (χ1n) is 5.54. The van der Waals surface area contributed by atoms with Crippen LogP contribution in [0.3, 0.4) is 0 Å². The Morgan fingerprint density at radius 3 is 2.76 bits per heavy atom. The SMILES string of the molecule is Cc1ccc2c(=O)c3cccnc3ccc2c1. The van der Waals surface area contributed by atoms with Gasteiger partial charge in [0.05, 0.1) is 5.52 Å². The summed E-state index contributed by atoms with van der Waals surface area (Å²) in [7, 11) is 0. The van der Waals surface area contributed by atoms with Crippen LogP contribution in [-0.4, -0.2) is 4.98 Å². The quantitative estimate of drug-likeness (QED) is 0.584. The number of pyridine rings is 1. The molecule has 0 radical (unpaired) electrons. The zero-order valence-electron chi connectivity index (χ0n) is 9.47. The Labute approximate surface area is 98.6 Å². The third-order valence-corrected chi connectivity index (χ3v) is 2.96. The Hall–Kier alpha value is -2.22. The van der Waals surface area contributed by atoms with Crippen molar-refractivity contribution < 1.29 is 0 Å². The molecule has 3 aromatic rings. The number of aryl methyl sites for hydroxylation is 1. The number of rotatable bonds is 0. The van der Waals surface area contributed by atoms with Crippen molar-refractivity contribution in [2.45, 2.75) is 6.92 Å². The molecule has 0 saturated carbocycles. The molecule has 82 valence electrons. The molecule has 3 rings (SSSR count). The highest BCUT2D eigenvalue weighted by Crippen LogP contribution is 2.15. The van der Waals surface area contributed by atoms with Crippen LogP contribution in [-0.2, 0) is 0 Å². The van der Waals surface area contributed by atoms with E-state index in [1.807, 2.05) is 43.3 Å². The Morgan fingerprint density at radius 1 is 1.00 bits per heavy atom. The molecule has 0 aliphatic rings. The second-order valence-electron chi connectivity index (χ2n) is 4.19. The van der Waals surface area contributed by atoms with Crippen molar-refractivity contribution in [3.8, 4) is 0 Å². The van der Waals surface area contributed by atoms with Crippen molar-refractivity contribution >= 4 is 21.7 Å². The molecule has 17 heavy (non-hydrogen) atoms. The molecule has 0 fully saturated rings. The smallest absolute Gasteiger partial charge is 0.195 e. The minimum atomic E-state index is 0.0492. The Bertz CT molecular complexity index is 778. The number of nitrogens with zero attached hydrogens (tertiary/aromatic N) is 1. The van der Waals surface area contributed by atoms with E-state index in [4.69, 9.17) is 0 Å². The average molecular weight is 221 g/mol. The summed E-state index contributed by atoms with van der Waals surface area (Å²) in [5.41, 5.74) is 1.94. The lowest BCUT2D eigenvalue weighted by atomic mass is 10.1. The number of aromatic nitrogens is 1. The van der Waals surface area contributed by atoms with Crippen LogP contribution in [0.4, 0.5) is 0 Å². The normalized spacial score (nSPS) is 10.9. The first kappa shape index (κ1) is 9.97. The number of hydrogen-bond acceptors (Lipinski definition) is 2. The molecule has 0 atom stereocenters. The third kappa shape index (κ3) is 1.58. The van der Waals surface area contributed by atoms with Gasteiger partial charge in [-0.3, -0.25) is 9.78 Å². The molecule has 0 unspecified atom stereocenters. The summed E-state index contributed by atoms with van der Waals surface area (Å²) in [5, 5.41) is 2.39. The van der Waals surface area contributed by atoms with E-state index in [1.54, 1.807) is 12.3 Å². The maximum absolute atomic E-state index is 12.4. The molecule has 1 aromatic heterocycles. The molecule has 0 aliphatic carbocycles. The van der Waals surface area contributed by atoms with Crippen LogP contribution in [0.25, 0.3) is 21.7 Å². The second-order valence-corrected chi connectivity index (χ2v) is 4.19. The predicted molar refractivity (Wildman–Crippen MR) is 70.3 cm³/mol. The van der Waals surface area contributed by atoms with Crippen LogP contribution in [0.5, 0.6) is 0 Å². The van der Waals surface area contributed by atoms with E-state index in [9.17, 15) is 4.79 Å². The lowest BCUT2D eigenvalue weighted by Gasteiger charge is -1.93. The monoisotopic (exact) mass is 221 g/mol. The van der Waals surface area contributed by atoms with Gasteiger partial charge in [0, 0.05) is 17.0 Å². The summed E-state index contributed by atoms with van der Waals surface area (Å²) < 4.78 is 0. The van der Waals surface area contributed by atoms with Crippen molar-refractivity contribution in [2.24, 2.45) is 0 Å². The minimum Gasteiger partial charge on any atom is -0.289 e. The van der Waals surface area contributed by atoms with E-state index >= 15 is 0 Å². The fraction of sp³-hybridized carbons (Fsp3) is 0.0667. The van der Waals surface area contributed by atoms with Crippen LogP contribution in [0.1, 0.15) is 5.56 Å². The molecule has 1 heterocycles. The van der Waals surface area contributed by atoms with Crippen molar-refractivity contribution in [1.82, 2.24) is 4.98 Å². The lowest BCUT2D eigenvalue weighted by molar-refractivity contribution is 1.42. The molecule has 2 aromatic carbocycles. The van der Waals surface area contributed by atoms with Crippen LogP contribution < -0.4 is 5.43 Å². The standard InChI is InChI=1S/C15H11NO/c1-10-4-6-12-11(9-10)5-7-14-13(15(12)17)3-2-8-16-14/h2-9H,1H3. The zero-order valence-corrected chi connectivity index (χ0v) is 9.47. The van der Waals surface area contributed by atoms with Crippen molar-refractivity contribution in [3.05, 3.63) is 64.4 Å². The Morgan fingerprint density at radius 2 is 1.88 bits per heavy atom. The van der Waals surface area contributed by atoms with Gasteiger partial charge in [0.2, 0.25) is 0 Å². The summed E-state index contributed by atoms with van der Waals surface area (Å²) in [6.45, 7) is 2.02. The highest BCUT2D eigenvalue weighted by Gasteiger charge is 2.02. The number of hydrogen-bond donors (Lipinski definition) is 0. The van der Waals surface area contributed by atoms with Crippen molar-refractivity contribution in [2.75, 3.05) is 0 Å². The molecule has 0 spiro atoms. The van der Waals surface area contributed by atoms with E-state index in [0.29, 0.717) is 5.39 Å². The highest BCUT2D eigenvalue weighted by atomic mass is 16.1. The van der Waals surface area contributed by atoms with E-state index in [0.717, 1.165) is 21.9 Å². The summed E-state index contributed by atoms with van der Waals surface area (Å²) >= 11 is 0. The van der Waals surface area contributed by atoms with Gasteiger partial charge in [-0.05, 0) is 30.5 Å². The van der Waals surface area contributed by atoms with Gasteiger partial charge in [0.25, 0.3) is 0 Å². The summed E-state index contributed by atoms with van der Waals surface area (Å²) in [5.74, 6) is 0. The van der Waals surface area contributed by atoms with E-state index in [2.05, 4.69) is 4.98 Å².